The third-order valence-corrected chi connectivity index (χ3v) is 1.85. The maximum atomic E-state index is 4.59. The zero-order chi connectivity index (χ0) is 9.10. The summed E-state index contributed by atoms with van der Waals surface area (Å²) >= 11 is 0. The quantitative estimate of drug-likeness (QED) is 0.549. The highest BCUT2D eigenvalue weighted by Crippen LogP contribution is 2.12. The molecule has 0 saturated carbocycles. The number of H-pyrrole nitrogens is 1. The molecule has 1 heterocycles. The smallest absolute Gasteiger partial charge is 0.106 e. The van der Waals surface area contributed by atoms with E-state index in [2.05, 4.69) is 21.0 Å². The summed E-state index contributed by atoms with van der Waals surface area (Å²) in [6, 6.07) is 10.1. The van der Waals surface area contributed by atoms with Crippen LogP contribution in [0, 0.1) is 0 Å². The van der Waals surface area contributed by atoms with Crippen LogP contribution in [0.1, 0.15) is 5.69 Å². The van der Waals surface area contributed by atoms with Gasteiger partial charge in [0.15, 0.2) is 0 Å². The molecule has 0 aliphatic rings. The van der Waals surface area contributed by atoms with Crippen molar-refractivity contribution < 1.29 is 4.84 Å². The fourth-order valence-electron chi connectivity index (χ4n) is 1.27. The van der Waals surface area contributed by atoms with Crippen molar-refractivity contribution in [1.82, 2.24) is 4.98 Å². The van der Waals surface area contributed by atoms with E-state index in [0.29, 0.717) is 0 Å². The topological polar surface area (TPSA) is 37.4 Å². The van der Waals surface area contributed by atoms with Gasteiger partial charge in [-0.05, 0) is 12.1 Å². The molecule has 13 heavy (non-hydrogen) atoms. The number of aromatic amines is 1. The fourth-order valence-corrected chi connectivity index (χ4v) is 1.27. The Morgan fingerprint density at radius 1 is 1.38 bits per heavy atom. The van der Waals surface area contributed by atoms with Gasteiger partial charge in [0.1, 0.15) is 7.11 Å². The van der Waals surface area contributed by atoms with Crippen molar-refractivity contribution in [3.63, 3.8) is 0 Å². The minimum Gasteiger partial charge on any atom is -0.399 e. The molecule has 3 heteroatoms. The Hall–Kier alpha value is -1.77. The summed E-state index contributed by atoms with van der Waals surface area (Å²) in [6.07, 6.45) is 1.65. The molecule has 1 aromatic heterocycles. The van der Waals surface area contributed by atoms with Crippen LogP contribution in [0.4, 0.5) is 0 Å². The Morgan fingerprint density at radius 3 is 3.00 bits per heavy atom. The van der Waals surface area contributed by atoms with Gasteiger partial charge in [-0.2, -0.15) is 0 Å². The summed E-state index contributed by atoms with van der Waals surface area (Å²) in [7, 11) is 1.53. The van der Waals surface area contributed by atoms with E-state index < -0.39 is 0 Å². The molecule has 3 nitrogen and oxygen atoms in total. The minimum atomic E-state index is 0.947. The largest absolute Gasteiger partial charge is 0.399 e. The molecule has 0 unspecified atom stereocenters. The predicted octanol–water partition coefficient (Wildman–Crippen LogP) is 2.15. The summed E-state index contributed by atoms with van der Waals surface area (Å²) in [5.74, 6) is 0. The third kappa shape index (κ3) is 1.54. The molecule has 2 aromatic rings. The van der Waals surface area contributed by atoms with Crippen LogP contribution in [0.2, 0.25) is 0 Å². The lowest BCUT2D eigenvalue weighted by Gasteiger charge is -1.84. The lowest BCUT2D eigenvalue weighted by Crippen LogP contribution is -1.79. The van der Waals surface area contributed by atoms with Crippen LogP contribution in [-0.4, -0.2) is 18.3 Å². The van der Waals surface area contributed by atoms with Crippen LogP contribution in [0.15, 0.2) is 35.5 Å². The second-order valence-corrected chi connectivity index (χ2v) is 2.73. The van der Waals surface area contributed by atoms with Gasteiger partial charge in [-0.15, -0.1) is 0 Å². The minimum absolute atomic E-state index is 0.947. The van der Waals surface area contributed by atoms with Crippen LogP contribution >= 0.6 is 0 Å². The summed E-state index contributed by atoms with van der Waals surface area (Å²) in [5, 5.41) is 4.86. The number of fused-ring (bicyclic) bond motifs is 1. The highest BCUT2D eigenvalue weighted by Gasteiger charge is 1.95. The number of rotatable bonds is 2. The summed E-state index contributed by atoms with van der Waals surface area (Å²) in [5.41, 5.74) is 2.06. The molecular formula is C10H10N2O. The Balaban J connectivity index is 2.44. The molecule has 0 fully saturated rings. The molecule has 66 valence electrons. The lowest BCUT2D eigenvalue weighted by atomic mass is 10.2. The Kier molecular flexibility index (Phi) is 2.00. The van der Waals surface area contributed by atoms with Crippen molar-refractivity contribution in [2.45, 2.75) is 0 Å². The van der Waals surface area contributed by atoms with Crippen molar-refractivity contribution in [2.75, 3.05) is 7.11 Å². The zero-order valence-electron chi connectivity index (χ0n) is 7.32. The number of nitrogens with one attached hydrogen (secondary N) is 1. The molecule has 0 bridgehead atoms. The van der Waals surface area contributed by atoms with Gasteiger partial charge in [0, 0.05) is 10.9 Å². The average Bonchev–Trinajstić information content (AvgIpc) is 2.57. The Labute approximate surface area is 76.0 Å². The number of hydrogen-bond acceptors (Lipinski definition) is 2. The summed E-state index contributed by atoms with van der Waals surface area (Å²) in [6.45, 7) is 0. The molecule has 0 aliphatic carbocycles. The molecule has 1 N–H and O–H groups in total. The first-order valence-electron chi connectivity index (χ1n) is 4.04. The van der Waals surface area contributed by atoms with Gasteiger partial charge in [-0.3, -0.25) is 0 Å². The Bertz CT molecular complexity index is 398. The van der Waals surface area contributed by atoms with Crippen molar-refractivity contribution in [3.8, 4) is 0 Å². The van der Waals surface area contributed by atoms with Gasteiger partial charge in [-0.25, -0.2) is 0 Å². The highest BCUT2D eigenvalue weighted by molar-refractivity contribution is 5.89. The number of benzene rings is 1. The second-order valence-electron chi connectivity index (χ2n) is 2.73. The maximum absolute atomic E-state index is 4.59. The third-order valence-electron chi connectivity index (χ3n) is 1.85. The van der Waals surface area contributed by atoms with Gasteiger partial charge >= 0.3 is 0 Å². The normalized spacial score (nSPS) is 11.2. The van der Waals surface area contributed by atoms with Crippen molar-refractivity contribution in [2.24, 2.45) is 5.16 Å². The van der Waals surface area contributed by atoms with Crippen LogP contribution in [0.5, 0.6) is 0 Å². The average molecular weight is 174 g/mol. The number of hydrogen-bond donors (Lipinski definition) is 1. The molecular weight excluding hydrogens is 164 g/mol. The van der Waals surface area contributed by atoms with Crippen LogP contribution in [0.3, 0.4) is 0 Å². The molecule has 0 atom stereocenters. The lowest BCUT2D eigenvalue weighted by molar-refractivity contribution is 0.215. The maximum Gasteiger partial charge on any atom is 0.106 e. The number of oxime groups is 1. The number of aromatic nitrogens is 1. The van der Waals surface area contributed by atoms with Crippen molar-refractivity contribution in [3.05, 3.63) is 36.0 Å². The number of nitrogens with zero attached hydrogens (tertiary/aromatic N) is 1. The van der Waals surface area contributed by atoms with E-state index in [4.69, 9.17) is 0 Å². The van der Waals surface area contributed by atoms with Crippen LogP contribution < -0.4 is 0 Å². The first-order valence-corrected chi connectivity index (χ1v) is 4.04. The van der Waals surface area contributed by atoms with Gasteiger partial charge in [0.25, 0.3) is 0 Å². The monoisotopic (exact) mass is 174 g/mol. The molecule has 1 aromatic carbocycles. The van der Waals surface area contributed by atoms with E-state index in [-0.39, 0.29) is 0 Å². The highest BCUT2D eigenvalue weighted by atomic mass is 16.6. The van der Waals surface area contributed by atoms with E-state index in [1.807, 2.05) is 24.3 Å². The molecule has 2 rings (SSSR count). The van der Waals surface area contributed by atoms with Gasteiger partial charge in [0.2, 0.25) is 0 Å². The van der Waals surface area contributed by atoms with E-state index in [0.717, 1.165) is 11.2 Å². The van der Waals surface area contributed by atoms with E-state index in [1.165, 1.54) is 12.5 Å². The van der Waals surface area contributed by atoms with Gasteiger partial charge in [-0.1, -0.05) is 23.4 Å². The zero-order valence-corrected chi connectivity index (χ0v) is 7.32. The van der Waals surface area contributed by atoms with Crippen molar-refractivity contribution in [1.29, 1.82) is 0 Å². The van der Waals surface area contributed by atoms with Gasteiger partial charge < -0.3 is 9.82 Å². The van der Waals surface area contributed by atoms with Crippen molar-refractivity contribution >= 4 is 17.1 Å². The number of para-hydroxylation sites is 1. The second kappa shape index (κ2) is 3.31. The summed E-state index contributed by atoms with van der Waals surface area (Å²) < 4.78 is 0. The molecule has 0 aliphatic heterocycles. The Morgan fingerprint density at radius 2 is 2.23 bits per heavy atom. The molecule has 0 spiro atoms. The van der Waals surface area contributed by atoms with E-state index in [9.17, 15) is 0 Å². The van der Waals surface area contributed by atoms with E-state index in [1.54, 1.807) is 6.21 Å². The van der Waals surface area contributed by atoms with Gasteiger partial charge in [0.05, 0.1) is 11.9 Å². The fraction of sp³-hybridized carbons (Fsp3) is 0.100. The first-order chi connectivity index (χ1) is 6.40. The first kappa shape index (κ1) is 7.86. The summed E-state index contributed by atoms with van der Waals surface area (Å²) in [4.78, 5) is 7.79. The molecule has 0 amide bonds. The van der Waals surface area contributed by atoms with Crippen LogP contribution in [0.25, 0.3) is 10.9 Å². The SMILES string of the molecule is CON=Cc1cc2ccccc2[nH]1. The molecule has 0 saturated heterocycles. The van der Waals surface area contributed by atoms with E-state index >= 15 is 0 Å². The molecule has 0 radical (unpaired) electrons. The predicted molar refractivity (Wildman–Crippen MR) is 52.9 cm³/mol. The van der Waals surface area contributed by atoms with Crippen LogP contribution in [-0.2, 0) is 4.84 Å². The standard InChI is InChI=1S/C10H10N2O/c1-13-11-7-9-6-8-4-2-3-5-10(8)12-9/h2-7,12H,1H3.